The minimum absolute atomic E-state index is 0.0554. The van der Waals surface area contributed by atoms with Crippen molar-refractivity contribution in [1.82, 2.24) is 21.3 Å². The predicted octanol–water partition coefficient (Wildman–Crippen LogP) is 7.80. The van der Waals surface area contributed by atoms with Crippen molar-refractivity contribution in [3.8, 4) is 11.5 Å². The normalized spacial score (nSPS) is 11.7. The molecule has 5 N–H and O–H groups in total. The number of anilines is 1. The monoisotopic (exact) mass is 1370 g/mol. The van der Waals surface area contributed by atoms with Crippen molar-refractivity contribution in [3.63, 3.8) is 0 Å². The predicted molar refractivity (Wildman–Crippen MR) is 365 cm³/mol. The van der Waals surface area contributed by atoms with Crippen LogP contribution in [0.2, 0.25) is 0 Å². The number of unbranched alkanes of at least 4 members (excludes halogenated alkanes) is 1. The van der Waals surface area contributed by atoms with Gasteiger partial charge in [-0.15, -0.1) is 0 Å². The molecule has 0 saturated heterocycles. The summed E-state index contributed by atoms with van der Waals surface area (Å²) < 4.78 is 65.1. The molecule has 0 saturated carbocycles. The second-order valence-electron chi connectivity index (χ2n) is 21.8. The molecule has 6 rings (SSSR count). The number of carbonyl (C=O) groups excluding carboxylic acids is 5. The van der Waals surface area contributed by atoms with Gasteiger partial charge in [0.2, 0.25) is 23.6 Å². The quantitative estimate of drug-likeness (QED) is 0.00280. The topological polar surface area (TPSA) is 348 Å². The zero-order valence-corrected chi connectivity index (χ0v) is 55.7. The van der Waals surface area contributed by atoms with E-state index < -0.39 is 65.5 Å². The van der Waals surface area contributed by atoms with E-state index in [2.05, 4.69) is 60.9 Å². The van der Waals surface area contributed by atoms with Crippen molar-refractivity contribution in [2.75, 3.05) is 151 Å². The van der Waals surface area contributed by atoms with Gasteiger partial charge in [-0.05, 0) is 95.6 Å². The van der Waals surface area contributed by atoms with Gasteiger partial charge in [0, 0.05) is 42.2 Å². The summed E-state index contributed by atoms with van der Waals surface area (Å²) in [4.78, 5) is 80.7. The summed E-state index contributed by atoms with van der Waals surface area (Å²) in [5, 5.41) is 29.5. The minimum Gasteiger partial charge on any atom is -0.497 e. The Morgan fingerprint density at radius 2 is 1.01 bits per heavy atom. The van der Waals surface area contributed by atoms with Gasteiger partial charge >= 0.3 is 6.16 Å². The second-order valence-corrected chi connectivity index (χ2v) is 21.8. The van der Waals surface area contributed by atoms with E-state index in [4.69, 9.17) is 62.4 Å². The highest BCUT2D eigenvalue weighted by Gasteiger charge is 2.36. The molecule has 0 bridgehead atoms. The molecule has 0 unspecified atom stereocenters. The Kier molecular flexibility index (Phi) is 37.7. The van der Waals surface area contributed by atoms with Crippen molar-refractivity contribution in [2.24, 2.45) is 5.11 Å². The molecule has 0 heterocycles. The van der Waals surface area contributed by atoms with E-state index in [9.17, 15) is 34.1 Å². The number of amides is 4. The molecular formula is C71H89N9O19. The van der Waals surface area contributed by atoms with Gasteiger partial charge < -0.3 is 78.1 Å². The lowest BCUT2D eigenvalue weighted by Gasteiger charge is -2.37. The summed E-state index contributed by atoms with van der Waals surface area (Å²) in [6, 6.07) is 46.3. The van der Waals surface area contributed by atoms with E-state index >= 15 is 0 Å². The zero-order chi connectivity index (χ0) is 70.2. The number of nitrogens with one attached hydrogen (secondary N) is 5. The van der Waals surface area contributed by atoms with Crippen LogP contribution in [0.5, 0.6) is 11.5 Å². The van der Waals surface area contributed by atoms with E-state index in [0.29, 0.717) is 135 Å². The van der Waals surface area contributed by atoms with Crippen LogP contribution >= 0.6 is 0 Å². The number of hydrogen-bond acceptors (Lipinski definition) is 21. The Labute approximate surface area is 575 Å². The maximum Gasteiger partial charge on any atom is 0.514 e. The van der Waals surface area contributed by atoms with E-state index in [0.717, 1.165) is 22.3 Å². The molecule has 0 radical (unpaired) electrons. The van der Waals surface area contributed by atoms with Crippen LogP contribution in [0, 0.1) is 10.1 Å². The number of non-ortho nitro benzene ring substituents is 1. The standard InChI is InChI=1S/C71H89N9O19/c1-88-62-28-22-59(23-29-62)71(57-15-7-3-8-16-57,58-17-9-4-10-18-58)74-32-12-11-19-64(68(83)76-60-24-20-56(21-25-60)52-98-70(85)99-63-30-26-61(27-31-63)80(86)87)78-69(84)65(51-55-13-5-2-6-14-55)77-67(82)54-97-53-66(81)73-33-35-89-37-39-91-41-43-93-45-47-95-49-50-96-48-46-94-44-42-92-40-38-90-36-34-75-79-72/h2-10,13-18,20-31,64-65,74H,11-12,19,32-54H2,1H3,(H,73,81)(H,76,83)(H,77,82)(H,78,84)/t64-,65-/m0/s1. The Morgan fingerprint density at radius 1 is 0.515 bits per heavy atom. The van der Waals surface area contributed by atoms with E-state index in [1.807, 2.05) is 78.9 Å². The van der Waals surface area contributed by atoms with Gasteiger partial charge in [-0.25, -0.2) is 4.79 Å². The SMILES string of the molecule is COc1ccc(C(NCCCC[C@H](NC(=O)[C@H](Cc2ccccc2)NC(=O)COCC(=O)NCCOCCOCCOCCOCCOCCOCCOCCOCCN=[N+]=[N-])C(=O)Nc2ccc(COC(=O)Oc3ccc([N+](=O)[O-])cc3)cc2)(c2ccccc2)c2ccccc2)cc1. The number of benzene rings is 6. The van der Waals surface area contributed by atoms with Crippen molar-refractivity contribution < 1.29 is 85.7 Å². The number of nitrogens with zero attached hydrogens (tertiary/aromatic N) is 4. The van der Waals surface area contributed by atoms with Crippen molar-refractivity contribution in [2.45, 2.75) is 49.9 Å². The average Bonchev–Trinajstić information content (AvgIpc) is 0.761. The summed E-state index contributed by atoms with van der Waals surface area (Å²) in [5.74, 6) is -1.57. The minimum atomic E-state index is -1.17. The van der Waals surface area contributed by atoms with Crippen molar-refractivity contribution in [3.05, 3.63) is 212 Å². The van der Waals surface area contributed by atoms with E-state index in [-0.39, 0.29) is 50.6 Å². The molecule has 28 heteroatoms. The molecule has 0 aliphatic carbocycles. The number of ether oxygens (including phenoxy) is 12. The van der Waals surface area contributed by atoms with Gasteiger partial charge in [0.15, 0.2) is 0 Å². The molecule has 99 heavy (non-hydrogen) atoms. The van der Waals surface area contributed by atoms with Gasteiger partial charge in [0.1, 0.15) is 43.4 Å². The lowest BCUT2D eigenvalue weighted by molar-refractivity contribution is -0.384. The Hall–Kier alpha value is -9.42. The van der Waals surface area contributed by atoms with Gasteiger partial charge in [-0.1, -0.05) is 120 Å². The van der Waals surface area contributed by atoms with Crippen LogP contribution in [0.4, 0.5) is 16.2 Å². The fourth-order valence-corrected chi connectivity index (χ4v) is 9.77. The average molecular weight is 1370 g/mol. The first-order chi connectivity index (χ1) is 48.5. The molecule has 0 fully saturated rings. The van der Waals surface area contributed by atoms with Gasteiger partial charge in [-0.3, -0.25) is 34.6 Å². The first kappa shape index (κ1) is 78.6. The second kappa shape index (κ2) is 47.5. The van der Waals surface area contributed by atoms with Crippen LogP contribution in [0.25, 0.3) is 10.4 Å². The number of methoxy groups -OCH3 is 1. The summed E-state index contributed by atoms with van der Waals surface area (Å²) in [5.41, 5.74) is 11.9. The van der Waals surface area contributed by atoms with Gasteiger partial charge in [0.25, 0.3) is 5.69 Å². The van der Waals surface area contributed by atoms with Crippen LogP contribution < -0.4 is 36.1 Å². The largest absolute Gasteiger partial charge is 0.514 e. The fraction of sp³-hybridized carbons (Fsp3) is 0.423. The summed E-state index contributed by atoms with van der Waals surface area (Å²) in [7, 11) is 1.62. The third-order valence-electron chi connectivity index (χ3n) is 14.7. The lowest BCUT2D eigenvalue weighted by Crippen LogP contribution is -2.54. The molecule has 0 aliphatic rings. The molecule has 0 aliphatic heterocycles. The molecule has 6 aromatic rings. The Bertz CT molecular complexity index is 3280. The highest BCUT2D eigenvalue weighted by atomic mass is 16.7. The molecule has 2 atom stereocenters. The van der Waals surface area contributed by atoms with Gasteiger partial charge in [-0.2, -0.15) is 0 Å². The van der Waals surface area contributed by atoms with E-state index in [1.54, 1.807) is 43.5 Å². The molecule has 0 spiro atoms. The van der Waals surface area contributed by atoms with Crippen LogP contribution in [0.3, 0.4) is 0 Å². The van der Waals surface area contributed by atoms with Crippen molar-refractivity contribution >= 4 is 41.2 Å². The molecule has 0 aromatic heterocycles. The third kappa shape index (κ3) is 30.9. The van der Waals surface area contributed by atoms with Crippen molar-refractivity contribution in [1.29, 1.82) is 0 Å². The Morgan fingerprint density at radius 3 is 1.54 bits per heavy atom. The van der Waals surface area contributed by atoms with Crippen LogP contribution in [-0.2, 0) is 85.1 Å². The maximum absolute atomic E-state index is 14.5. The highest BCUT2D eigenvalue weighted by Crippen LogP contribution is 2.38. The number of azide groups is 1. The molecule has 532 valence electrons. The van der Waals surface area contributed by atoms with Crippen LogP contribution in [0.1, 0.15) is 47.1 Å². The van der Waals surface area contributed by atoms with Crippen LogP contribution in [-0.4, -0.2) is 192 Å². The van der Waals surface area contributed by atoms with E-state index in [1.165, 1.54) is 24.3 Å². The first-order valence-corrected chi connectivity index (χ1v) is 32.6. The third-order valence-corrected chi connectivity index (χ3v) is 14.7. The maximum atomic E-state index is 14.5. The summed E-state index contributed by atoms with van der Waals surface area (Å²) in [6.45, 7) is 5.91. The number of hydrogen-bond donors (Lipinski definition) is 5. The number of nitro benzene ring substituents is 1. The lowest BCUT2D eigenvalue weighted by atomic mass is 9.77. The summed E-state index contributed by atoms with van der Waals surface area (Å²) in [6.07, 6.45) is 0.228. The Balaban J connectivity index is 0.935. The molecule has 6 aromatic carbocycles. The summed E-state index contributed by atoms with van der Waals surface area (Å²) >= 11 is 0. The smallest absolute Gasteiger partial charge is 0.497 e. The number of carbonyl (C=O) groups is 5. The molecular weight excluding hydrogens is 1280 g/mol. The highest BCUT2D eigenvalue weighted by molar-refractivity contribution is 5.98. The molecule has 28 nitrogen and oxygen atoms in total. The van der Waals surface area contributed by atoms with Crippen LogP contribution in [0.15, 0.2) is 169 Å². The fourth-order valence-electron chi connectivity index (χ4n) is 9.77. The number of rotatable bonds is 52. The van der Waals surface area contributed by atoms with Gasteiger partial charge in [0.05, 0.1) is 123 Å². The molecule has 4 amide bonds. The number of nitro groups is 1. The first-order valence-electron chi connectivity index (χ1n) is 32.6. The zero-order valence-electron chi connectivity index (χ0n) is 55.7.